The van der Waals surface area contributed by atoms with Crippen LogP contribution in [-0.2, 0) is 9.84 Å². The first-order chi connectivity index (χ1) is 13.8. The van der Waals surface area contributed by atoms with Crippen LogP contribution in [0.4, 0.5) is 0 Å². The molecule has 154 valence electrons. The summed E-state index contributed by atoms with van der Waals surface area (Å²) in [5.41, 5.74) is 1.17. The number of hydrogen-bond donors (Lipinski definition) is 0. The van der Waals surface area contributed by atoms with Crippen LogP contribution >= 0.6 is 11.6 Å². The molecule has 0 saturated carbocycles. The Morgan fingerprint density at radius 1 is 1.07 bits per heavy atom. The van der Waals surface area contributed by atoms with E-state index in [0.717, 1.165) is 31.1 Å². The lowest BCUT2D eigenvalue weighted by Crippen LogP contribution is -2.31. The molecule has 1 amide bonds. The van der Waals surface area contributed by atoms with E-state index in [9.17, 15) is 13.2 Å². The molecular weight excluding hydrogens is 414 g/mol. The van der Waals surface area contributed by atoms with Gasteiger partial charge >= 0.3 is 0 Å². The second-order valence-electron chi connectivity index (χ2n) is 7.33. The quantitative estimate of drug-likeness (QED) is 0.731. The van der Waals surface area contributed by atoms with Gasteiger partial charge in [-0.3, -0.25) is 4.79 Å². The number of benzene rings is 2. The maximum Gasteiger partial charge on any atom is 0.255 e. The molecule has 1 atom stereocenters. The van der Waals surface area contributed by atoms with Gasteiger partial charge in [0, 0.05) is 19.2 Å². The Balaban J connectivity index is 1.66. The number of amides is 1. The Morgan fingerprint density at radius 2 is 1.83 bits per heavy atom. The van der Waals surface area contributed by atoms with Crippen LogP contribution in [0.3, 0.4) is 0 Å². The van der Waals surface area contributed by atoms with Gasteiger partial charge in [0.15, 0.2) is 21.3 Å². The van der Waals surface area contributed by atoms with Crippen molar-refractivity contribution in [2.24, 2.45) is 0 Å². The zero-order valence-electron chi connectivity index (χ0n) is 16.1. The molecule has 2 aliphatic heterocycles. The molecule has 0 aromatic heterocycles. The summed E-state index contributed by atoms with van der Waals surface area (Å²) in [4.78, 5) is 15.1. The van der Waals surface area contributed by atoms with Gasteiger partial charge in [0.2, 0.25) is 0 Å². The van der Waals surface area contributed by atoms with Gasteiger partial charge in [-0.15, -0.1) is 0 Å². The summed E-state index contributed by atoms with van der Waals surface area (Å²) < 4.78 is 35.3. The summed E-state index contributed by atoms with van der Waals surface area (Å²) in [6.07, 6.45) is 3.61. The number of hydrogen-bond acceptors (Lipinski definition) is 5. The average Bonchev–Trinajstić information content (AvgIpc) is 3.05. The lowest BCUT2D eigenvalue weighted by molar-refractivity contribution is 0.0735. The molecule has 0 unspecified atom stereocenters. The van der Waals surface area contributed by atoms with E-state index in [1.54, 1.807) is 4.90 Å². The summed E-state index contributed by atoms with van der Waals surface area (Å²) in [5, 5.41) is 0.242. The minimum atomic E-state index is -3.44. The van der Waals surface area contributed by atoms with Crippen molar-refractivity contribution in [2.75, 3.05) is 26.0 Å². The number of rotatable bonds is 3. The summed E-state index contributed by atoms with van der Waals surface area (Å²) in [5.74, 6) is 1.14. The van der Waals surface area contributed by atoms with E-state index < -0.39 is 9.84 Å². The maximum atomic E-state index is 13.3. The third-order valence-electron chi connectivity index (χ3n) is 5.27. The summed E-state index contributed by atoms with van der Waals surface area (Å²) in [7, 11) is -3.44. The van der Waals surface area contributed by atoms with Crippen molar-refractivity contribution in [3.63, 3.8) is 0 Å². The minimum absolute atomic E-state index is 0.0802. The molecule has 6 nitrogen and oxygen atoms in total. The van der Waals surface area contributed by atoms with Crippen molar-refractivity contribution in [1.82, 2.24) is 4.90 Å². The molecule has 0 spiro atoms. The van der Waals surface area contributed by atoms with Crippen molar-refractivity contribution in [2.45, 2.75) is 30.2 Å². The van der Waals surface area contributed by atoms with Crippen LogP contribution in [0.5, 0.6) is 11.5 Å². The van der Waals surface area contributed by atoms with E-state index in [1.165, 1.54) is 18.2 Å². The molecular formula is C21H22ClNO5S. The number of fused-ring (bicyclic) bond motifs is 1. The van der Waals surface area contributed by atoms with Crippen molar-refractivity contribution in [1.29, 1.82) is 0 Å². The molecule has 0 bridgehead atoms. The van der Waals surface area contributed by atoms with Gasteiger partial charge in [-0.05, 0) is 48.7 Å². The monoisotopic (exact) mass is 435 g/mol. The number of halogens is 1. The highest BCUT2D eigenvalue weighted by atomic mass is 35.5. The Labute approximate surface area is 175 Å². The SMILES string of the molecule is CS(=O)(=O)c1ccc(Cl)c(C(=O)N2CCC[C@H]2c2ccc3c(c2)OCCCO3)c1. The number of sulfone groups is 1. The van der Waals surface area contributed by atoms with E-state index >= 15 is 0 Å². The van der Waals surface area contributed by atoms with Crippen molar-refractivity contribution >= 4 is 27.3 Å². The lowest BCUT2D eigenvalue weighted by atomic mass is 10.0. The van der Waals surface area contributed by atoms with Gasteiger partial charge in [-0.25, -0.2) is 8.42 Å². The average molecular weight is 436 g/mol. The Morgan fingerprint density at radius 3 is 2.59 bits per heavy atom. The van der Waals surface area contributed by atoms with Gasteiger partial charge in [0.25, 0.3) is 5.91 Å². The van der Waals surface area contributed by atoms with Crippen molar-refractivity contribution in [3.05, 3.63) is 52.5 Å². The fourth-order valence-electron chi connectivity index (χ4n) is 3.80. The predicted molar refractivity (Wildman–Crippen MR) is 110 cm³/mol. The lowest BCUT2D eigenvalue weighted by Gasteiger charge is -2.26. The number of ether oxygens (including phenoxy) is 2. The zero-order chi connectivity index (χ0) is 20.6. The molecule has 2 aromatic carbocycles. The van der Waals surface area contributed by atoms with Gasteiger partial charge in [-0.2, -0.15) is 0 Å². The van der Waals surface area contributed by atoms with Crippen LogP contribution in [-0.4, -0.2) is 45.2 Å². The topological polar surface area (TPSA) is 72.9 Å². The molecule has 0 aliphatic carbocycles. The first-order valence-electron chi connectivity index (χ1n) is 9.55. The highest BCUT2D eigenvalue weighted by molar-refractivity contribution is 7.90. The van der Waals surface area contributed by atoms with E-state index in [2.05, 4.69) is 0 Å². The van der Waals surface area contributed by atoms with Crippen LogP contribution in [0.15, 0.2) is 41.3 Å². The van der Waals surface area contributed by atoms with Crippen LogP contribution in [0.2, 0.25) is 5.02 Å². The molecule has 2 heterocycles. The number of likely N-dealkylation sites (tertiary alicyclic amines) is 1. The summed E-state index contributed by atoms with van der Waals surface area (Å²) in [6, 6.07) is 9.89. The van der Waals surface area contributed by atoms with Crippen molar-refractivity contribution < 1.29 is 22.7 Å². The third-order valence-corrected chi connectivity index (χ3v) is 6.71. The normalized spacial score (nSPS) is 19.1. The van der Waals surface area contributed by atoms with Crippen LogP contribution in [0, 0.1) is 0 Å². The fraction of sp³-hybridized carbons (Fsp3) is 0.381. The van der Waals surface area contributed by atoms with Gasteiger partial charge in [0.1, 0.15) is 0 Å². The van der Waals surface area contributed by atoms with Crippen LogP contribution < -0.4 is 9.47 Å². The molecule has 1 saturated heterocycles. The van der Waals surface area contributed by atoms with E-state index in [0.29, 0.717) is 31.3 Å². The molecule has 4 rings (SSSR count). The van der Waals surface area contributed by atoms with Gasteiger partial charge in [0.05, 0.1) is 34.7 Å². The van der Waals surface area contributed by atoms with E-state index in [1.807, 2.05) is 18.2 Å². The third kappa shape index (κ3) is 4.07. The van der Waals surface area contributed by atoms with E-state index in [-0.39, 0.29) is 27.4 Å². The largest absolute Gasteiger partial charge is 0.490 e. The second-order valence-corrected chi connectivity index (χ2v) is 9.75. The Kier molecular flexibility index (Phi) is 5.44. The molecule has 1 fully saturated rings. The minimum Gasteiger partial charge on any atom is -0.490 e. The highest BCUT2D eigenvalue weighted by Crippen LogP contribution is 2.39. The first-order valence-corrected chi connectivity index (χ1v) is 11.8. The Bertz CT molecular complexity index is 1050. The number of carbonyl (C=O) groups excluding carboxylic acids is 1. The molecule has 8 heteroatoms. The molecule has 29 heavy (non-hydrogen) atoms. The molecule has 2 aliphatic rings. The second kappa shape index (κ2) is 7.88. The maximum absolute atomic E-state index is 13.3. The van der Waals surface area contributed by atoms with Gasteiger partial charge < -0.3 is 14.4 Å². The summed E-state index contributed by atoms with van der Waals surface area (Å²) >= 11 is 6.25. The molecule has 2 aromatic rings. The fourth-order valence-corrected chi connectivity index (χ4v) is 4.64. The Hall–Kier alpha value is -2.25. The molecule has 0 radical (unpaired) electrons. The van der Waals surface area contributed by atoms with Crippen LogP contribution in [0.25, 0.3) is 0 Å². The highest BCUT2D eigenvalue weighted by Gasteiger charge is 2.32. The number of nitrogens with zero attached hydrogens (tertiary/aromatic N) is 1. The van der Waals surface area contributed by atoms with Crippen molar-refractivity contribution in [3.8, 4) is 11.5 Å². The predicted octanol–water partition coefficient (Wildman–Crippen LogP) is 3.88. The zero-order valence-corrected chi connectivity index (χ0v) is 17.6. The van der Waals surface area contributed by atoms with E-state index in [4.69, 9.17) is 21.1 Å². The first kappa shape index (κ1) is 20.0. The van der Waals surface area contributed by atoms with Crippen LogP contribution in [0.1, 0.15) is 41.2 Å². The molecule has 0 N–H and O–H groups in total. The summed E-state index contributed by atoms with van der Waals surface area (Å²) in [6.45, 7) is 1.80. The van der Waals surface area contributed by atoms with Gasteiger partial charge in [-0.1, -0.05) is 17.7 Å². The standard InChI is InChI=1S/C21H22ClNO5S/c1-29(25,26)15-6-7-17(22)16(13-15)21(24)23-9-2-4-18(23)14-5-8-19-20(12-14)28-11-3-10-27-19/h5-8,12-13,18H,2-4,9-11H2,1H3/t18-/m0/s1. The number of carbonyl (C=O) groups is 1. The smallest absolute Gasteiger partial charge is 0.255 e.